The van der Waals surface area contributed by atoms with Crippen molar-refractivity contribution in [1.29, 1.82) is 0 Å². The van der Waals surface area contributed by atoms with Gasteiger partial charge in [-0.3, -0.25) is 4.90 Å². The van der Waals surface area contributed by atoms with Gasteiger partial charge < -0.3 is 9.84 Å². The maximum atomic E-state index is 11.9. The molecule has 2 aliphatic heterocycles. The summed E-state index contributed by atoms with van der Waals surface area (Å²) in [5, 5.41) is 9.20. The number of hydrogen-bond acceptors (Lipinski definition) is 3. The van der Waals surface area contributed by atoms with Gasteiger partial charge in [0.1, 0.15) is 11.6 Å². The number of nitrogens with zero attached hydrogens (tertiary/aromatic N) is 1. The minimum Gasteiger partial charge on any atom is -0.480 e. The molecule has 0 aromatic rings. The fourth-order valence-corrected chi connectivity index (χ4v) is 2.68. The van der Waals surface area contributed by atoms with Gasteiger partial charge in [0.2, 0.25) is 0 Å². The first-order chi connectivity index (χ1) is 7.78. The summed E-state index contributed by atoms with van der Waals surface area (Å²) in [6.45, 7) is 5.87. The van der Waals surface area contributed by atoms with E-state index >= 15 is 0 Å². The van der Waals surface area contributed by atoms with E-state index in [1.165, 1.54) is 4.90 Å². The van der Waals surface area contributed by atoms with Crippen LogP contribution >= 0.6 is 0 Å². The molecular weight excluding hydrogens is 222 g/mol. The minimum absolute atomic E-state index is 0.110. The number of fused-ring (bicyclic) bond motifs is 2. The molecular formula is C12H19NO4. The smallest absolute Gasteiger partial charge is 0.411 e. The molecule has 2 saturated heterocycles. The van der Waals surface area contributed by atoms with E-state index in [0.29, 0.717) is 12.5 Å². The normalized spacial score (nSPS) is 31.7. The molecule has 3 fully saturated rings. The highest BCUT2D eigenvalue weighted by atomic mass is 16.6. The minimum atomic E-state index is -0.918. The molecule has 96 valence electrons. The molecule has 0 radical (unpaired) electrons. The van der Waals surface area contributed by atoms with Crippen molar-refractivity contribution >= 4 is 12.1 Å². The lowest BCUT2D eigenvalue weighted by molar-refractivity contribution is -0.153. The highest BCUT2D eigenvalue weighted by molar-refractivity contribution is 5.81. The fraction of sp³-hybridized carbons (Fsp3) is 0.833. The van der Waals surface area contributed by atoms with Gasteiger partial charge in [-0.1, -0.05) is 0 Å². The van der Waals surface area contributed by atoms with Crippen molar-refractivity contribution in [1.82, 2.24) is 4.90 Å². The lowest BCUT2D eigenvalue weighted by atomic mass is 9.67. The Labute approximate surface area is 101 Å². The number of carbonyl (C=O) groups excluding carboxylic acids is 1. The molecule has 17 heavy (non-hydrogen) atoms. The van der Waals surface area contributed by atoms with Crippen LogP contribution in [0, 0.1) is 11.8 Å². The molecule has 5 nitrogen and oxygen atoms in total. The Bertz CT molecular complexity index is 341. The van der Waals surface area contributed by atoms with Gasteiger partial charge >= 0.3 is 12.1 Å². The first kappa shape index (κ1) is 12.2. The van der Waals surface area contributed by atoms with Crippen LogP contribution in [0.15, 0.2) is 0 Å². The molecule has 2 bridgehead atoms. The second kappa shape index (κ2) is 3.89. The van der Waals surface area contributed by atoms with Gasteiger partial charge in [0, 0.05) is 6.54 Å². The van der Waals surface area contributed by atoms with E-state index < -0.39 is 23.7 Å². The molecule has 1 atom stereocenters. The van der Waals surface area contributed by atoms with Crippen LogP contribution in [0.5, 0.6) is 0 Å². The number of carboxylic acids is 1. The van der Waals surface area contributed by atoms with Crippen LogP contribution < -0.4 is 0 Å². The maximum Gasteiger partial charge on any atom is 0.411 e. The monoisotopic (exact) mass is 241 g/mol. The number of amides is 1. The Morgan fingerprint density at radius 2 is 1.88 bits per heavy atom. The number of aliphatic carboxylic acids is 1. The topological polar surface area (TPSA) is 66.8 Å². The summed E-state index contributed by atoms with van der Waals surface area (Å²) >= 11 is 0. The standard InChI is InChI=1S/C12H19NO4/c1-12(2,3)17-11(16)13-6-7-4-8(5-7)9(13)10(14)15/h7-9H,4-6H2,1-3H3,(H,14,15). The van der Waals surface area contributed by atoms with E-state index in [2.05, 4.69) is 0 Å². The zero-order valence-electron chi connectivity index (χ0n) is 10.5. The van der Waals surface area contributed by atoms with E-state index in [1.807, 2.05) is 0 Å². The lowest BCUT2D eigenvalue weighted by Crippen LogP contribution is -2.61. The van der Waals surface area contributed by atoms with Crippen molar-refractivity contribution in [3.8, 4) is 0 Å². The van der Waals surface area contributed by atoms with Gasteiger partial charge in [0.15, 0.2) is 0 Å². The van der Waals surface area contributed by atoms with Gasteiger partial charge in [0.25, 0.3) is 0 Å². The van der Waals surface area contributed by atoms with E-state index in [0.717, 1.165) is 12.8 Å². The second-order valence-corrected chi connectivity index (χ2v) is 6.01. The van der Waals surface area contributed by atoms with E-state index in [4.69, 9.17) is 4.74 Å². The van der Waals surface area contributed by atoms with Crippen molar-refractivity contribution in [3.05, 3.63) is 0 Å². The Balaban J connectivity index is 2.08. The van der Waals surface area contributed by atoms with Crippen LogP contribution in [-0.4, -0.2) is 40.3 Å². The molecule has 1 aliphatic carbocycles. The Kier molecular flexibility index (Phi) is 2.79. The van der Waals surface area contributed by atoms with Crippen molar-refractivity contribution in [2.75, 3.05) is 6.54 Å². The number of carboxylic acid groups (broad SMARTS) is 1. The fourth-order valence-electron chi connectivity index (χ4n) is 2.68. The molecule has 2 heterocycles. The number of ether oxygens (including phenoxy) is 1. The van der Waals surface area contributed by atoms with Gasteiger partial charge in [-0.15, -0.1) is 0 Å². The van der Waals surface area contributed by atoms with Crippen molar-refractivity contribution < 1.29 is 19.4 Å². The molecule has 0 aromatic heterocycles. The zero-order valence-corrected chi connectivity index (χ0v) is 10.5. The predicted molar refractivity (Wildman–Crippen MR) is 60.6 cm³/mol. The molecule has 1 saturated carbocycles. The third-order valence-corrected chi connectivity index (χ3v) is 3.39. The molecule has 0 aromatic carbocycles. The summed E-state index contributed by atoms with van der Waals surface area (Å²) in [6.07, 6.45) is 1.35. The average Bonchev–Trinajstić information content (AvgIpc) is 2.12. The average molecular weight is 241 g/mol. The van der Waals surface area contributed by atoms with Crippen LogP contribution in [-0.2, 0) is 9.53 Å². The van der Waals surface area contributed by atoms with E-state index in [-0.39, 0.29) is 5.92 Å². The number of rotatable bonds is 1. The van der Waals surface area contributed by atoms with E-state index in [1.54, 1.807) is 20.8 Å². The second-order valence-electron chi connectivity index (χ2n) is 6.01. The van der Waals surface area contributed by atoms with Gasteiger partial charge in [-0.05, 0) is 45.4 Å². The first-order valence-electron chi connectivity index (χ1n) is 6.00. The summed E-state index contributed by atoms with van der Waals surface area (Å²) < 4.78 is 5.25. The summed E-state index contributed by atoms with van der Waals surface area (Å²) in [6, 6.07) is -0.699. The third-order valence-electron chi connectivity index (χ3n) is 3.39. The molecule has 0 spiro atoms. The molecule has 1 N–H and O–H groups in total. The summed E-state index contributed by atoms with van der Waals surface area (Å²) in [5.41, 5.74) is -0.582. The molecule has 3 rings (SSSR count). The van der Waals surface area contributed by atoms with Crippen molar-refractivity contribution in [3.63, 3.8) is 0 Å². The Hall–Kier alpha value is -1.26. The quantitative estimate of drug-likeness (QED) is 0.759. The van der Waals surface area contributed by atoms with Crippen LogP contribution in [0.3, 0.4) is 0 Å². The number of carbonyl (C=O) groups is 2. The predicted octanol–water partition coefficient (Wildman–Crippen LogP) is 1.72. The van der Waals surface area contributed by atoms with Gasteiger partial charge in [-0.25, -0.2) is 9.59 Å². The Morgan fingerprint density at radius 3 is 2.35 bits per heavy atom. The van der Waals surface area contributed by atoms with E-state index in [9.17, 15) is 14.7 Å². The molecule has 5 heteroatoms. The maximum absolute atomic E-state index is 11.9. The molecule has 3 aliphatic rings. The third kappa shape index (κ3) is 2.37. The largest absolute Gasteiger partial charge is 0.480 e. The number of hydrogen-bond donors (Lipinski definition) is 1. The first-order valence-corrected chi connectivity index (χ1v) is 6.00. The highest BCUT2D eigenvalue weighted by Gasteiger charge is 2.50. The van der Waals surface area contributed by atoms with Crippen LogP contribution in [0.4, 0.5) is 4.79 Å². The van der Waals surface area contributed by atoms with Crippen molar-refractivity contribution in [2.45, 2.75) is 45.3 Å². The summed E-state index contributed by atoms with van der Waals surface area (Å²) in [7, 11) is 0. The summed E-state index contributed by atoms with van der Waals surface area (Å²) in [4.78, 5) is 24.5. The SMILES string of the molecule is CC(C)(C)OC(=O)N1CC2CC(C2)C1C(=O)O. The van der Waals surface area contributed by atoms with Gasteiger partial charge in [0.05, 0.1) is 0 Å². The van der Waals surface area contributed by atoms with Crippen LogP contribution in [0.2, 0.25) is 0 Å². The van der Waals surface area contributed by atoms with Crippen LogP contribution in [0.1, 0.15) is 33.6 Å². The molecule has 1 unspecified atom stereocenters. The lowest BCUT2D eigenvalue weighted by Gasteiger charge is -2.50. The Morgan fingerprint density at radius 1 is 1.29 bits per heavy atom. The highest BCUT2D eigenvalue weighted by Crippen LogP contribution is 2.44. The number of piperidine rings is 2. The van der Waals surface area contributed by atoms with Crippen LogP contribution in [0.25, 0.3) is 0 Å². The van der Waals surface area contributed by atoms with Gasteiger partial charge in [-0.2, -0.15) is 0 Å². The summed E-state index contributed by atoms with van der Waals surface area (Å²) in [5.74, 6) is -0.346. The molecule has 1 amide bonds. The zero-order chi connectivity index (χ0) is 12.8. The van der Waals surface area contributed by atoms with Crippen molar-refractivity contribution in [2.24, 2.45) is 11.8 Å².